The Morgan fingerprint density at radius 1 is 1.25 bits per heavy atom. The van der Waals surface area contributed by atoms with Gasteiger partial charge in [0.05, 0.1) is 18.2 Å². The highest BCUT2D eigenvalue weighted by Crippen LogP contribution is 2.16. The van der Waals surface area contributed by atoms with Gasteiger partial charge in [-0.1, -0.05) is 17.7 Å². The number of carbonyl (C=O) groups is 2. The third kappa shape index (κ3) is 3.13. The summed E-state index contributed by atoms with van der Waals surface area (Å²) < 4.78 is 4.62. The molecule has 1 amide bonds. The number of anilines is 1. The first-order valence-electron chi connectivity index (χ1n) is 5.72. The Labute approximate surface area is 120 Å². The molecule has 0 saturated carbocycles. The lowest BCUT2D eigenvalue weighted by Gasteiger charge is -2.07. The van der Waals surface area contributed by atoms with E-state index in [4.69, 9.17) is 11.6 Å². The molecule has 2 aromatic rings. The standard InChI is InChI=1S/C14H11ClN2O3/c1-20-14(19)9-4-2-5-10(8-9)17-13(18)11-6-3-7-16-12(11)15/h2-8H,1H3,(H,17,18). The predicted octanol–water partition coefficient (Wildman–Crippen LogP) is 2.77. The number of ether oxygens (including phenoxy) is 1. The van der Waals surface area contributed by atoms with Crippen molar-refractivity contribution in [3.63, 3.8) is 0 Å². The molecule has 0 aliphatic rings. The summed E-state index contributed by atoms with van der Waals surface area (Å²) in [4.78, 5) is 27.3. The van der Waals surface area contributed by atoms with Gasteiger partial charge in [0.15, 0.2) is 0 Å². The predicted molar refractivity (Wildman–Crippen MR) is 75.0 cm³/mol. The molecule has 0 fully saturated rings. The van der Waals surface area contributed by atoms with E-state index >= 15 is 0 Å². The largest absolute Gasteiger partial charge is 0.465 e. The molecule has 0 aliphatic carbocycles. The highest BCUT2D eigenvalue weighted by atomic mass is 35.5. The van der Waals surface area contributed by atoms with Crippen molar-refractivity contribution in [3.8, 4) is 0 Å². The number of halogens is 1. The van der Waals surface area contributed by atoms with Gasteiger partial charge in [-0.3, -0.25) is 4.79 Å². The average molecular weight is 291 g/mol. The Hall–Kier alpha value is -2.40. The second-order valence-electron chi connectivity index (χ2n) is 3.87. The normalized spacial score (nSPS) is 9.90. The Balaban J connectivity index is 2.20. The summed E-state index contributed by atoms with van der Waals surface area (Å²) in [7, 11) is 1.29. The molecule has 5 nitrogen and oxygen atoms in total. The average Bonchev–Trinajstić information content (AvgIpc) is 2.47. The van der Waals surface area contributed by atoms with E-state index in [0.717, 1.165) is 0 Å². The van der Waals surface area contributed by atoms with Crippen LogP contribution in [0, 0.1) is 0 Å². The molecule has 20 heavy (non-hydrogen) atoms. The van der Waals surface area contributed by atoms with E-state index in [2.05, 4.69) is 15.0 Å². The van der Waals surface area contributed by atoms with Crippen LogP contribution in [-0.2, 0) is 4.74 Å². The summed E-state index contributed by atoms with van der Waals surface area (Å²) in [6.07, 6.45) is 1.50. The molecule has 1 aromatic carbocycles. The van der Waals surface area contributed by atoms with Crippen LogP contribution in [0.2, 0.25) is 5.15 Å². The van der Waals surface area contributed by atoms with Crippen molar-refractivity contribution in [1.29, 1.82) is 0 Å². The number of nitrogens with zero attached hydrogens (tertiary/aromatic N) is 1. The highest BCUT2D eigenvalue weighted by Gasteiger charge is 2.12. The highest BCUT2D eigenvalue weighted by molar-refractivity contribution is 6.33. The van der Waals surface area contributed by atoms with Crippen LogP contribution in [0.15, 0.2) is 42.6 Å². The summed E-state index contributed by atoms with van der Waals surface area (Å²) in [5.41, 5.74) is 1.08. The fourth-order valence-corrected chi connectivity index (χ4v) is 1.80. The van der Waals surface area contributed by atoms with Gasteiger partial charge in [0, 0.05) is 11.9 Å². The van der Waals surface area contributed by atoms with Gasteiger partial charge in [0.25, 0.3) is 5.91 Å². The first-order valence-corrected chi connectivity index (χ1v) is 6.10. The molecule has 0 radical (unpaired) electrons. The molecule has 0 aliphatic heterocycles. The number of hydrogen-bond acceptors (Lipinski definition) is 4. The van der Waals surface area contributed by atoms with E-state index < -0.39 is 11.9 Å². The molecule has 6 heteroatoms. The van der Waals surface area contributed by atoms with E-state index in [1.165, 1.54) is 19.4 Å². The van der Waals surface area contributed by atoms with Crippen LogP contribution in [0.3, 0.4) is 0 Å². The number of benzene rings is 1. The summed E-state index contributed by atoms with van der Waals surface area (Å²) in [6, 6.07) is 9.61. The van der Waals surface area contributed by atoms with Crippen LogP contribution in [0.1, 0.15) is 20.7 Å². The van der Waals surface area contributed by atoms with E-state index in [1.54, 1.807) is 30.3 Å². The summed E-state index contributed by atoms with van der Waals surface area (Å²) in [5, 5.41) is 2.77. The summed E-state index contributed by atoms with van der Waals surface area (Å²) in [5.74, 6) is -0.870. The van der Waals surface area contributed by atoms with Crippen LogP contribution < -0.4 is 5.32 Å². The number of pyridine rings is 1. The minimum atomic E-state index is -0.472. The fourth-order valence-electron chi connectivity index (χ4n) is 1.60. The molecule has 0 bridgehead atoms. The quantitative estimate of drug-likeness (QED) is 0.697. The third-order valence-electron chi connectivity index (χ3n) is 2.55. The van der Waals surface area contributed by atoms with Gasteiger partial charge < -0.3 is 10.1 Å². The second-order valence-corrected chi connectivity index (χ2v) is 4.23. The van der Waals surface area contributed by atoms with E-state index in [1.807, 2.05) is 0 Å². The summed E-state index contributed by atoms with van der Waals surface area (Å²) in [6.45, 7) is 0. The number of methoxy groups -OCH3 is 1. The number of esters is 1. The zero-order chi connectivity index (χ0) is 14.5. The lowest BCUT2D eigenvalue weighted by molar-refractivity contribution is 0.0600. The lowest BCUT2D eigenvalue weighted by atomic mass is 10.2. The molecular weight excluding hydrogens is 280 g/mol. The molecule has 1 aromatic heterocycles. The van der Waals surface area contributed by atoms with Crippen molar-refractivity contribution in [2.75, 3.05) is 12.4 Å². The van der Waals surface area contributed by atoms with E-state index in [0.29, 0.717) is 11.3 Å². The number of rotatable bonds is 3. The minimum Gasteiger partial charge on any atom is -0.465 e. The van der Waals surface area contributed by atoms with Gasteiger partial charge in [-0.05, 0) is 30.3 Å². The Kier molecular flexibility index (Phi) is 4.32. The Bertz CT molecular complexity index is 658. The van der Waals surface area contributed by atoms with E-state index in [-0.39, 0.29) is 10.7 Å². The SMILES string of the molecule is COC(=O)c1cccc(NC(=O)c2cccnc2Cl)c1. The van der Waals surface area contributed by atoms with E-state index in [9.17, 15) is 9.59 Å². The molecular formula is C14H11ClN2O3. The van der Waals surface area contributed by atoms with Gasteiger partial charge in [-0.15, -0.1) is 0 Å². The van der Waals surface area contributed by atoms with Gasteiger partial charge in [0.1, 0.15) is 5.15 Å². The molecule has 1 heterocycles. The maximum Gasteiger partial charge on any atom is 0.337 e. The summed E-state index contributed by atoms with van der Waals surface area (Å²) >= 11 is 5.84. The Morgan fingerprint density at radius 3 is 2.75 bits per heavy atom. The van der Waals surface area contributed by atoms with Gasteiger partial charge >= 0.3 is 5.97 Å². The smallest absolute Gasteiger partial charge is 0.337 e. The molecule has 1 N–H and O–H groups in total. The zero-order valence-corrected chi connectivity index (χ0v) is 11.3. The maximum absolute atomic E-state index is 12.0. The topological polar surface area (TPSA) is 68.3 Å². The number of carbonyl (C=O) groups excluding carboxylic acids is 2. The molecule has 0 unspecified atom stereocenters. The minimum absolute atomic E-state index is 0.120. The fraction of sp³-hybridized carbons (Fsp3) is 0.0714. The van der Waals surface area contributed by atoms with Crippen molar-refractivity contribution in [2.45, 2.75) is 0 Å². The third-order valence-corrected chi connectivity index (χ3v) is 2.85. The molecule has 2 rings (SSSR count). The maximum atomic E-state index is 12.0. The first kappa shape index (κ1) is 14.0. The first-order chi connectivity index (χ1) is 9.61. The van der Waals surface area contributed by atoms with Gasteiger partial charge in [-0.25, -0.2) is 9.78 Å². The van der Waals surface area contributed by atoms with Crippen LogP contribution >= 0.6 is 11.6 Å². The van der Waals surface area contributed by atoms with Crippen LogP contribution in [-0.4, -0.2) is 24.0 Å². The van der Waals surface area contributed by atoms with Crippen molar-refractivity contribution < 1.29 is 14.3 Å². The van der Waals surface area contributed by atoms with Crippen molar-refractivity contribution in [1.82, 2.24) is 4.98 Å². The molecule has 0 saturated heterocycles. The van der Waals surface area contributed by atoms with Gasteiger partial charge in [0.2, 0.25) is 0 Å². The molecule has 0 spiro atoms. The molecule has 0 atom stereocenters. The van der Waals surface area contributed by atoms with Crippen molar-refractivity contribution in [3.05, 3.63) is 58.9 Å². The number of amides is 1. The van der Waals surface area contributed by atoms with Crippen molar-refractivity contribution >= 4 is 29.2 Å². The van der Waals surface area contributed by atoms with Gasteiger partial charge in [-0.2, -0.15) is 0 Å². The second kappa shape index (κ2) is 6.16. The van der Waals surface area contributed by atoms with Crippen LogP contribution in [0.25, 0.3) is 0 Å². The number of hydrogen-bond donors (Lipinski definition) is 1. The van der Waals surface area contributed by atoms with Crippen LogP contribution in [0.4, 0.5) is 5.69 Å². The zero-order valence-electron chi connectivity index (χ0n) is 10.6. The van der Waals surface area contributed by atoms with Crippen molar-refractivity contribution in [2.24, 2.45) is 0 Å². The number of aromatic nitrogens is 1. The monoisotopic (exact) mass is 290 g/mol. The van der Waals surface area contributed by atoms with Crippen LogP contribution in [0.5, 0.6) is 0 Å². The number of nitrogens with one attached hydrogen (secondary N) is 1. The molecule has 102 valence electrons. The lowest BCUT2D eigenvalue weighted by Crippen LogP contribution is -2.13. The Morgan fingerprint density at radius 2 is 2.05 bits per heavy atom.